The Morgan fingerprint density at radius 3 is 2.46 bits per heavy atom. The van der Waals surface area contributed by atoms with Crippen LogP contribution < -0.4 is 56.5 Å². The van der Waals surface area contributed by atoms with E-state index in [1.165, 1.54) is 0 Å². The van der Waals surface area contributed by atoms with Crippen molar-refractivity contribution in [3.8, 4) is 5.75 Å². The summed E-state index contributed by atoms with van der Waals surface area (Å²) in [5.41, 5.74) is -0.603. The van der Waals surface area contributed by atoms with Gasteiger partial charge >= 0.3 is 51.4 Å². The van der Waals surface area contributed by atoms with Crippen LogP contribution in [0.5, 0.6) is 5.75 Å². The topological polar surface area (TPSA) is 66.2 Å². The molecule has 7 heteroatoms. The second-order valence-corrected chi connectivity index (χ2v) is 2.40. The monoisotopic (exact) mass is 229 g/mol. The molecular weight excluding hydrogens is 228 g/mol. The van der Waals surface area contributed by atoms with Crippen molar-refractivity contribution < 1.29 is 65.8 Å². The Hall–Kier alpha value is 0.276. The SMILES string of the molecule is O=[N+]([O-])c1cc(F)c([O-])cc1Cl.[K+]. The number of nitro benzene ring substituents is 1. The number of benzene rings is 1. The maximum Gasteiger partial charge on any atom is 1.00 e. The van der Waals surface area contributed by atoms with Crippen molar-refractivity contribution in [3.05, 3.63) is 33.1 Å². The van der Waals surface area contributed by atoms with Gasteiger partial charge in [0.2, 0.25) is 0 Å². The van der Waals surface area contributed by atoms with E-state index >= 15 is 0 Å². The number of rotatable bonds is 1. The van der Waals surface area contributed by atoms with Crippen LogP contribution in [0, 0.1) is 15.9 Å². The van der Waals surface area contributed by atoms with E-state index < -0.39 is 22.2 Å². The van der Waals surface area contributed by atoms with Gasteiger partial charge in [-0.05, 0) is 6.07 Å². The van der Waals surface area contributed by atoms with Crippen molar-refractivity contribution in [1.82, 2.24) is 0 Å². The third kappa shape index (κ3) is 3.15. The Bertz CT molecular complexity index is 347. The van der Waals surface area contributed by atoms with Crippen molar-refractivity contribution >= 4 is 17.3 Å². The fourth-order valence-electron chi connectivity index (χ4n) is 0.658. The molecule has 0 amide bonds. The number of nitro groups is 1. The predicted octanol–water partition coefficient (Wildman–Crippen LogP) is -1.54. The zero-order valence-corrected chi connectivity index (χ0v) is 10.5. The first-order valence-electron chi connectivity index (χ1n) is 2.83. The van der Waals surface area contributed by atoms with Crippen LogP contribution in [0.15, 0.2) is 12.1 Å². The molecule has 0 bridgehead atoms. The minimum atomic E-state index is -1.17. The van der Waals surface area contributed by atoms with Gasteiger partial charge in [0.05, 0.1) is 11.0 Å². The molecule has 0 atom stereocenters. The van der Waals surface area contributed by atoms with Gasteiger partial charge in [-0.2, -0.15) is 0 Å². The standard InChI is InChI=1S/C6H3ClFNO3.K/c7-3-1-6(10)4(8)2-5(3)9(11)12;/h1-2,10H;/q;+1/p-1. The van der Waals surface area contributed by atoms with E-state index in [2.05, 4.69) is 0 Å². The van der Waals surface area contributed by atoms with Crippen molar-refractivity contribution in [2.24, 2.45) is 0 Å². The van der Waals surface area contributed by atoms with Crippen LogP contribution in [0.3, 0.4) is 0 Å². The number of hydrogen-bond donors (Lipinski definition) is 0. The zero-order valence-electron chi connectivity index (χ0n) is 6.58. The Balaban J connectivity index is 0.00000144. The fraction of sp³-hybridized carbons (Fsp3) is 0. The van der Waals surface area contributed by atoms with Gasteiger partial charge in [0, 0.05) is 0 Å². The van der Waals surface area contributed by atoms with Crippen LogP contribution in [0.25, 0.3) is 0 Å². The molecule has 0 aliphatic carbocycles. The largest absolute Gasteiger partial charge is 1.00 e. The molecule has 0 fully saturated rings. The van der Waals surface area contributed by atoms with Crippen molar-refractivity contribution in [2.75, 3.05) is 0 Å². The van der Waals surface area contributed by atoms with Crippen molar-refractivity contribution in [3.63, 3.8) is 0 Å². The average Bonchev–Trinajstić information content (AvgIpc) is 1.96. The molecule has 0 saturated heterocycles. The smallest absolute Gasteiger partial charge is 0.870 e. The second-order valence-electron chi connectivity index (χ2n) is 1.99. The van der Waals surface area contributed by atoms with E-state index in [0.29, 0.717) is 12.1 Å². The maximum atomic E-state index is 12.4. The Kier molecular flexibility index (Phi) is 5.34. The van der Waals surface area contributed by atoms with Crippen LogP contribution >= 0.6 is 11.6 Å². The van der Waals surface area contributed by atoms with E-state index in [1.54, 1.807) is 0 Å². The van der Waals surface area contributed by atoms with Gasteiger partial charge in [0.1, 0.15) is 10.8 Å². The molecule has 13 heavy (non-hydrogen) atoms. The molecule has 0 spiro atoms. The first kappa shape index (κ1) is 13.3. The molecule has 0 aliphatic heterocycles. The normalized spacial score (nSPS) is 9.08. The molecule has 0 aliphatic rings. The van der Waals surface area contributed by atoms with Crippen LogP contribution in [0.2, 0.25) is 5.02 Å². The van der Waals surface area contributed by atoms with Crippen LogP contribution in [0.1, 0.15) is 0 Å². The molecule has 4 nitrogen and oxygen atoms in total. The number of nitrogens with zero attached hydrogens (tertiary/aromatic N) is 1. The summed E-state index contributed by atoms with van der Waals surface area (Å²) in [6.07, 6.45) is 0. The molecule has 1 aromatic carbocycles. The molecule has 0 aromatic heterocycles. The zero-order chi connectivity index (χ0) is 9.30. The predicted molar refractivity (Wildman–Crippen MR) is 37.5 cm³/mol. The van der Waals surface area contributed by atoms with E-state index in [4.69, 9.17) is 11.6 Å². The molecule has 64 valence electrons. The fourth-order valence-corrected chi connectivity index (χ4v) is 0.881. The quantitative estimate of drug-likeness (QED) is 0.333. The first-order valence-corrected chi connectivity index (χ1v) is 3.20. The molecule has 1 rings (SSSR count). The maximum absolute atomic E-state index is 12.4. The minimum absolute atomic E-state index is 0. The third-order valence-electron chi connectivity index (χ3n) is 1.20. The van der Waals surface area contributed by atoms with Gasteiger partial charge in [-0.3, -0.25) is 10.1 Å². The molecule has 0 radical (unpaired) electrons. The van der Waals surface area contributed by atoms with Gasteiger partial charge in [0.25, 0.3) is 5.69 Å². The van der Waals surface area contributed by atoms with Gasteiger partial charge in [-0.25, -0.2) is 4.39 Å². The molecule has 0 N–H and O–H groups in total. The third-order valence-corrected chi connectivity index (χ3v) is 1.50. The summed E-state index contributed by atoms with van der Waals surface area (Å²) in [7, 11) is 0. The minimum Gasteiger partial charge on any atom is -0.870 e. The van der Waals surface area contributed by atoms with Gasteiger partial charge in [-0.15, -0.1) is 0 Å². The molecule has 0 unspecified atom stereocenters. The summed E-state index contributed by atoms with van der Waals surface area (Å²) in [5.74, 6) is -2.13. The molecule has 1 aromatic rings. The summed E-state index contributed by atoms with van der Waals surface area (Å²) < 4.78 is 12.4. The van der Waals surface area contributed by atoms with Gasteiger partial charge in [-0.1, -0.05) is 17.4 Å². The summed E-state index contributed by atoms with van der Waals surface area (Å²) in [5, 5.41) is 20.3. The van der Waals surface area contributed by atoms with Crippen molar-refractivity contribution in [2.45, 2.75) is 0 Å². The van der Waals surface area contributed by atoms with Crippen LogP contribution in [-0.2, 0) is 0 Å². The molecule has 0 saturated carbocycles. The molecular formula is C6H2ClFKNO3. The summed E-state index contributed by atoms with van der Waals surface area (Å²) in [6.45, 7) is 0. The Morgan fingerprint density at radius 1 is 1.46 bits per heavy atom. The Morgan fingerprint density at radius 2 is 2.00 bits per heavy atom. The second kappa shape index (κ2) is 5.23. The summed E-state index contributed by atoms with van der Waals surface area (Å²) >= 11 is 5.29. The number of halogens is 2. The Labute approximate surface area is 120 Å². The summed E-state index contributed by atoms with van der Waals surface area (Å²) in [6, 6.07) is 1.18. The van der Waals surface area contributed by atoms with Gasteiger partial charge in [0.15, 0.2) is 0 Å². The van der Waals surface area contributed by atoms with Crippen LogP contribution in [-0.4, -0.2) is 4.92 Å². The molecule has 0 heterocycles. The van der Waals surface area contributed by atoms with Gasteiger partial charge < -0.3 is 5.11 Å². The van der Waals surface area contributed by atoms with E-state index in [-0.39, 0.29) is 56.4 Å². The van der Waals surface area contributed by atoms with Crippen LogP contribution in [0.4, 0.5) is 10.1 Å². The van der Waals surface area contributed by atoms with E-state index in [9.17, 15) is 19.6 Å². The van der Waals surface area contributed by atoms with Crippen molar-refractivity contribution in [1.29, 1.82) is 0 Å². The van der Waals surface area contributed by atoms with E-state index in [0.717, 1.165) is 0 Å². The van der Waals surface area contributed by atoms with E-state index in [1.807, 2.05) is 0 Å². The average molecular weight is 230 g/mol. The first-order chi connectivity index (χ1) is 5.52. The summed E-state index contributed by atoms with van der Waals surface area (Å²) in [4.78, 5) is 9.28. The number of hydrogen-bond acceptors (Lipinski definition) is 3.